The molecule has 3 heteroatoms. The summed E-state index contributed by atoms with van der Waals surface area (Å²) in [5, 5.41) is 1.11. The summed E-state index contributed by atoms with van der Waals surface area (Å²) in [6.07, 6.45) is 3.67. The van der Waals surface area contributed by atoms with Gasteiger partial charge in [0.05, 0.1) is 11.7 Å². The molecule has 1 aromatic rings. The summed E-state index contributed by atoms with van der Waals surface area (Å²) in [5.74, 6) is 0. The first-order valence-electron chi connectivity index (χ1n) is 4.01. The fraction of sp³-hybridized carbons (Fsp3) is 0.625. The van der Waals surface area contributed by atoms with Gasteiger partial charge in [-0.15, -0.1) is 11.3 Å². The normalized spacial score (nSPS) is 18.4. The highest BCUT2D eigenvalue weighted by Gasteiger charge is 2.17. The molecular weight excluding hydrogens is 156 g/mol. The fourth-order valence-corrected chi connectivity index (χ4v) is 2.51. The van der Waals surface area contributed by atoms with E-state index in [4.69, 9.17) is 5.73 Å². The summed E-state index contributed by atoms with van der Waals surface area (Å²) in [5.41, 5.74) is 7.03. The Balaban J connectivity index is 2.34. The highest BCUT2D eigenvalue weighted by molar-refractivity contribution is 7.11. The minimum absolute atomic E-state index is 0.116. The van der Waals surface area contributed by atoms with Crippen LogP contribution < -0.4 is 5.73 Å². The number of thiazole rings is 1. The maximum absolute atomic E-state index is 5.72. The number of aromatic nitrogens is 1. The van der Waals surface area contributed by atoms with Gasteiger partial charge in [-0.2, -0.15) is 0 Å². The van der Waals surface area contributed by atoms with Crippen LogP contribution in [0, 0.1) is 0 Å². The van der Waals surface area contributed by atoms with Gasteiger partial charge in [-0.05, 0) is 26.2 Å². The van der Waals surface area contributed by atoms with Crippen molar-refractivity contribution in [2.45, 2.75) is 32.2 Å². The molecule has 2 N–H and O–H groups in total. The van der Waals surface area contributed by atoms with Crippen LogP contribution in [-0.4, -0.2) is 4.98 Å². The second-order valence-electron chi connectivity index (χ2n) is 3.06. The van der Waals surface area contributed by atoms with Crippen LogP contribution in [0.5, 0.6) is 0 Å². The predicted molar refractivity (Wildman–Crippen MR) is 46.7 cm³/mol. The van der Waals surface area contributed by atoms with Gasteiger partial charge in [0.25, 0.3) is 0 Å². The SMILES string of the molecule is C[C@@H](N)c1nc2c(s1)CCC2. The molecule has 1 aliphatic carbocycles. The summed E-state index contributed by atoms with van der Waals surface area (Å²) < 4.78 is 0. The molecule has 0 radical (unpaired) electrons. The smallest absolute Gasteiger partial charge is 0.110 e. The average Bonchev–Trinajstić information content (AvgIpc) is 2.40. The van der Waals surface area contributed by atoms with Crippen molar-refractivity contribution in [1.82, 2.24) is 4.98 Å². The van der Waals surface area contributed by atoms with Crippen molar-refractivity contribution in [3.8, 4) is 0 Å². The molecule has 0 unspecified atom stereocenters. The number of aryl methyl sites for hydroxylation is 2. The number of hydrogen-bond acceptors (Lipinski definition) is 3. The lowest BCUT2D eigenvalue weighted by molar-refractivity contribution is 0.793. The second kappa shape index (κ2) is 2.57. The van der Waals surface area contributed by atoms with Crippen molar-refractivity contribution >= 4 is 11.3 Å². The predicted octanol–water partition coefficient (Wildman–Crippen LogP) is 1.65. The second-order valence-corrected chi connectivity index (χ2v) is 4.18. The van der Waals surface area contributed by atoms with Crippen LogP contribution in [0.4, 0.5) is 0 Å². The van der Waals surface area contributed by atoms with E-state index in [1.807, 2.05) is 6.92 Å². The van der Waals surface area contributed by atoms with Crippen molar-refractivity contribution < 1.29 is 0 Å². The Hall–Kier alpha value is -0.410. The van der Waals surface area contributed by atoms with Gasteiger partial charge in [-0.1, -0.05) is 0 Å². The van der Waals surface area contributed by atoms with Gasteiger partial charge in [0, 0.05) is 4.88 Å². The first-order chi connectivity index (χ1) is 5.27. The van der Waals surface area contributed by atoms with E-state index in [-0.39, 0.29) is 6.04 Å². The van der Waals surface area contributed by atoms with Gasteiger partial charge >= 0.3 is 0 Å². The molecule has 0 amide bonds. The zero-order valence-corrected chi connectivity index (χ0v) is 7.45. The van der Waals surface area contributed by atoms with Gasteiger partial charge in [0.15, 0.2) is 0 Å². The molecule has 1 heterocycles. The molecule has 0 saturated carbocycles. The fourth-order valence-electron chi connectivity index (χ4n) is 1.41. The van der Waals surface area contributed by atoms with Gasteiger partial charge in [0.2, 0.25) is 0 Å². The van der Waals surface area contributed by atoms with Gasteiger partial charge in [-0.25, -0.2) is 4.98 Å². The molecule has 0 bridgehead atoms. The molecule has 0 spiro atoms. The molecule has 2 rings (SSSR count). The Bertz CT molecular complexity index is 244. The highest BCUT2D eigenvalue weighted by atomic mass is 32.1. The standard InChI is InChI=1S/C8H12N2S/c1-5(9)8-10-6-3-2-4-7(6)11-8/h5H,2-4,9H2,1H3/t5-/m1/s1. The molecule has 2 nitrogen and oxygen atoms in total. The van der Waals surface area contributed by atoms with E-state index < -0.39 is 0 Å². The van der Waals surface area contributed by atoms with Crippen LogP contribution in [0.25, 0.3) is 0 Å². The number of fused-ring (bicyclic) bond motifs is 1. The number of nitrogens with two attached hydrogens (primary N) is 1. The number of nitrogens with zero attached hydrogens (tertiary/aromatic N) is 1. The molecule has 1 aliphatic rings. The summed E-state index contributed by atoms with van der Waals surface area (Å²) in [4.78, 5) is 5.95. The minimum atomic E-state index is 0.116. The average molecular weight is 168 g/mol. The van der Waals surface area contributed by atoms with E-state index in [1.165, 1.54) is 29.8 Å². The van der Waals surface area contributed by atoms with Gasteiger partial charge in [-0.3, -0.25) is 0 Å². The van der Waals surface area contributed by atoms with Gasteiger partial charge in [0.1, 0.15) is 5.01 Å². The minimum Gasteiger partial charge on any atom is -0.322 e. The van der Waals surface area contributed by atoms with Crippen LogP contribution in [0.2, 0.25) is 0 Å². The molecule has 0 saturated heterocycles. The van der Waals surface area contributed by atoms with Crippen LogP contribution >= 0.6 is 11.3 Å². The van der Waals surface area contributed by atoms with Crippen LogP contribution in [-0.2, 0) is 12.8 Å². The van der Waals surface area contributed by atoms with E-state index >= 15 is 0 Å². The quantitative estimate of drug-likeness (QED) is 0.692. The topological polar surface area (TPSA) is 38.9 Å². The van der Waals surface area contributed by atoms with E-state index in [9.17, 15) is 0 Å². The van der Waals surface area contributed by atoms with Crippen LogP contribution in [0.1, 0.15) is 35.0 Å². The van der Waals surface area contributed by atoms with E-state index in [0.29, 0.717) is 0 Å². The lowest BCUT2D eigenvalue weighted by Gasteiger charge is -1.97. The van der Waals surface area contributed by atoms with Crippen molar-refractivity contribution in [2.24, 2.45) is 5.73 Å². The third-order valence-corrected chi connectivity index (χ3v) is 3.36. The summed E-state index contributed by atoms with van der Waals surface area (Å²) in [6, 6.07) is 0.116. The Morgan fingerprint density at radius 2 is 2.36 bits per heavy atom. The van der Waals surface area contributed by atoms with Crippen LogP contribution in [0.3, 0.4) is 0 Å². The lowest BCUT2D eigenvalue weighted by atomic mass is 10.3. The first-order valence-corrected chi connectivity index (χ1v) is 4.83. The summed E-state index contributed by atoms with van der Waals surface area (Å²) >= 11 is 1.79. The first kappa shape index (κ1) is 7.25. The Morgan fingerprint density at radius 1 is 1.55 bits per heavy atom. The molecule has 11 heavy (non-hydrogen) atoms. The molecule has 60 valence electrons. The molecule has 1 aromatic heterocycles. The maximum Gasteiger partial charge on any atom is 0.110 e. The highest BCUT2D eigenvalue weighted by Crippen LogP contribution is 2.29. The maximum atomic E-state index is 5.72. The Labute approximate surface area is 70.5 Å². The molecule has 0 fully saturated rings. The van der Waals surface area contributed by atoms with Crippen molar-refractivity contribution in [3.63, 3.8) is 0 Å². The third kappa shape index (κ3) is 1.19. The van der Waals surface area contributed by atoms with E-state index in [0.717, 1.165) is 5.01 Å². The number of rotatable bonds is 1. The van der Waals surface area contributed by atoms with E-state index in [1.54, 1.807) is 11.3 Å². The van der Waals surface area contributed by atoms with Gasteiger partial charge < -0.3 is 5.73 Å². The van der Waals surface area contributed by atoms with Crippen molar-refractivity contribution in [1.29, 1.82) is 0 Å². The zero-order valence-electron chi connectivity index (χ0n) is 6.63. The summed E-state index contributed by atoms with van der Waals surface area (Å²) in [7, 11) is 0. The van der Waals surface area contributed by atoms with E-state index in [2.05, 4.69) is 4.98 Å². The van der Waals surface area contributed by atoms with Crippen molar-refractivity contribution in [2.75, 3.05) is 0 Å². The Kier molecular flexibility index (Phi) is 1.69. The number of hydrogen-bond donors (Lipinski definition) is 1. The summed E-state index contributed by atoms with van der Waals surface area (Å²) in [6.45, 7) is 1.99. The van der Waals surface area contributed by atoms with Crippen molar-refractivity contribution in [3.05, 3.63) is 15.6 Å². The molecular formula is C8H12N2S. The molecule has 1 atom stereocenters. The molecule has 0 aromatic carbocycles. The zero-order chi connectivity index (χ0) is 7.84. The monoisotopic (exact) mass is 168 g/mol. The van der Waals surface area contributed by atoms with Crippen LogP contribution in [0.15, 0.2) is 0 Å². The Morgan fingerprint density at radius 3 is 3.00 bits per heavy atom. The lowest BCUT2D eigenvalue weighted by Crippen LogP contribution is -2.04. The molecule has 0 aliphatic heterocycles. The largest absolute Gasteiger partial charge is 0.322 e. The third-order valence-electron chi connectivity index (χ3n) is 2.00.